The van der Waals surface area contributed by atoms with E-state index in [0.717, 1.165) is 11.1 Å². The molecule has 0 bridgehead atoms. The van der Waals surface area contributed by atoms with Crippen LogP contribution in [0, 0.1) is 0 Å². The largest absolute Gasteiger partial charge is 0.454 e. The van der Waals surface area contributed by atoms with Gasteiger partial charge >= 0.3 is 5.97 Å². The van der Waals surface area contributed by atoms with Crippen molar-refractivity contribution >= 4 is 23.5 Å². The number of esters is 1. The molecule has 3 rings (SSSR count). The van der Waals surface area contributed by atoms with Crippen molar-refractivity contribution in [3.05, 3.63) is 77.1 Å². The molecular formula is C19H18ClN5O3. The number of nitrogens with zero attached hydrogens (tertiary/aromatic N) is 4. The first-order valence-electron chi connectivity index (χ1n) is 8.56. The zero-order valence-corrected chi connectivity index (χ0v) is 15.6. The van der Waals surface area contributed by atoms with E-state index >= 15 is 0 Å². The summed E-state index contributed by atoms with van der Waals surface area (Å²) in [6.07, 6.45) is 1.68. The van der Waals surface area contributed by atoms with Crippen molar-refractivity contribution < 1.29 is 14.3 Å². The molecule has 0 radical (unpaired) electrons. The highest BCUT2D eigenvalue weighted by atomic mass is 35.5. The molecule has 0 fully saturated rings. The van der Waals surface area contributed by atoms with Crippen molar-refractivity contribution in [1.29, 1.82) is 0 Å². The van der Waals surface area contributed by atoms with Crippen LogP contribution in [0.3, 0.4) is 0 Å². The number of hydrogen-bond donors (Lipinski definition) is 1. The molecule has 0 saturated heterocycles. The van der Waals surface area contributed by atoms with Crippen LogP contribution < -0.4 is 5.32 Å². The fourth-order valence-corrected chi connectivity index (χ4v) is 2.76. The van der Waals surface area contributed by atoms with E-state index in [4.69, 9.17) is 16.3 Å². The molecule has 0 aliphatic heterocycles. The van der Waals surface area contributed by atoms with Crippen LogP contribution in [0.5, 0.6) is 0 Å². The van der Waals surface area contributed by atoms with Crippen molar-refractivity contribution in [1.82, 2.24) is 25.5 Å². The first-order chi connectivity index (χ1) is 13.6. The Balaban J connectivity index is 1.56. The van der Waals surface area contributed by atoms with E-state index in [0.29, 0.717) is 11.4 Å². The van der Waals surface area contributed by atoms with Crippen LogP contribution in [0.2, 0.25) is 5.02 Å². The highest BCUT2D eigenvalue weighted by molar-refractivity contribution is 6.31. The Labute approximate surface area is 166 Å². The molecule has 0 saturated carbocycles. The second-order valence-corrected chi connectivity index (χ2v) is 6.38. The first kappa shape index (κ1) is 19.5. The zero-order chi connectivity index (χ0) is 19.8. The molecule has 28 heavy (non-hydrogen) atoms. The van der Waals surface area contributed by atoms with Crippen molar-refractivity contribution in [2.75, 3.05) is 6.61 Å². The second-order valence-electron chi connectivity index (χ2n) is 5.97. The van der Waals surface area contributed by atoms with Crippen LogP contribution in [-0.2, 0) is 27.3 Å². The van der Waals surface area contributed by atoms with Crippen molar-refractivity contribution in [3.8, 4) is 0 Å². The summed E-state index contributed by atoms with van der Waals surface area (Å²) in [5, 5.41) is 14.1. The smallest absolute Gasteiger partial charge is 0.331 e. The van der Waals surface area contributed by atoms with Gasteiger partial charge < -0.3 is 10.1 Å². The Bertz CT molecular complexity index is 918. The second kappa shape index (κ2) is 9.61. The lowest BCUT2D eigenvalue weighted by molar-refractivity contribution is -0.152. The summed E-state index contributed by atoms with van der Waals surface area (Å²) in [6, 6.07) is 15.8. The van der Waals surface area contributed by atoms with Gasteiger partial charge in [-0.05, 0) is 27.6 Å². The van der Waals surface area contributed by atoms with Gasteiger partial charge in [-0.1, -0.05) is 60.1 Å². The fraction of sp³-hybridized carbons (Fsp3) is 0.211. The quantitative estimate of drug-likeness (QED) is 0.581. The highest BCUT2D eigenvalue weighted by Gasteiger charge is 2.24. The molecule has 1 aromatic heterocycles. The molecule has 1 heterocycles. The third-order valence-electron chi connectivity index (χ3n) is 4.01. The lowest BCUT2D eigenvalue weighted by atomic mass is 10.1. The van der Waals surface area contributed by atoms with Crippen LogP contribution in [0.1, 0.15) is 17.2 Å². The van der Waals surface area contributed by atoms with E-state index in [-0.39, 0.29) is 6.54 Å². The highest BCUT2D eigenvalue weighted by Crippen LogP contribution is 2.15. The Hall–Kier alpha value is -3.26. The van der Waals surface area contributed by atoms with E-state index in [9.17, 15) is 9.59 Å². The Kier molecular flexibility index (Phi) is 6.69. The van der Waals surface area contributed by atoms with Gasteiger partial charge in [-0.25, -0.2) is 9.48 Å². The Morgan fingerprint density at radius 2 is 1.86 bits per heavy atom. The summed E-state index contributed by atoms with van der Waals surface area (Å²) in [5.74, 6) is -1.02. The topological polar surface area (TPSA) is 99.0 Å². The summed E-state index contributed by atoms with van der Waals surface area (Å²) >= 11 is 6.05. The standard InChI is InChI=1S/C19H18ClN5O3/c20-16-9-5-4-8-15(16)11-21-18(26)12-28-19(27)17(25-13-22-23-24-25)10-14-6-2-1-3-7-14/h1-9,13,17H,10-12H2,(H,21,26)/t17-/m0/s1. The van der Waals surface area contributed by atoms with Gasteiger partial charge in [0.2, 0.25) is 0 Å². The third-order valence-corrected chi connectivity index (χ3v) is 4.38. The fourth-order valence-electron chi connectivity index (χ4n) is 2.55. The van der Waals surface area contributed by atoms with E-state index in [1.165, 1.54) is 11.0 Å². The maximum Gasteiger partial charge on any atom is 0.331 e. The minimum Gasteiger partial charge on any atom is -0.454 e. The van der Waals surface area contributed by atoms with Gasteiger partial charge in [0.25, 0.3) is 5.91 Å². The van der Waals surface area contributed by atoms with Crippen molar-refractivity contribution in [2.24, 2.45) is 0 Å². The SMILES string of the molecule is O=C(COC(=O)[C@H](Cc1ccccc1)n1cnnn1)NCc1ccccc1Cl. The summed E-state index contributed by atoms with van der Waals surface area (Å²) < 4.78 is 6.50. The van der Waals surface area contributed by atoms with E-state index in [2.05, 4.69) is 20.8 Å². The molecule has 2 aromatic carbocycles. The number of carbonyl (C=O) groups excluding carboxylic acids is 2. The summed E-state index contributed by atoms with van der Waals surface area (Å²) in [4.78, 5) is 24.6. The average molecular weight is 400 g/mol. The van der Waals surface area contributed by atoms with E-state index in [1.807, 2.05) is 42.5 Å². The van der Waals surface area contributed by atoms with Gasteiger partial charge in [-0.15, -0.1) is 5.10 Å². The Morgan fingerprint density at radius 1 is 1.11 bits per heavy atom. The minimum absolute atomic E-state index is 0.247. The number of amides is 1. The number of rotatable bonds is 8. The summed E-state index contributed by atoms with van der Waals surface area (Å²) in [6.45, 7) is -0.160. The minimum atomic E-state index is -0.770. The van der Waals surface area contributed by atoms with Crippen molar-refractivity contribution in [3.63, 3.8) is 0 Å². The summed E-state index contributed by atoms with van der Waals surface area (Å²) in [5.41, 5.74) is 1.70. The van der Waals surface area contributed by atoms with Gasteiger partial charge in [0.05, 0.1) is 0 Å². The molecule has 0 unspecified atom stereocenters. The molecular weight excluding hydrogens is 382 g/mol. The number of tetrazole rings is 1. The van der Waals surface area contributed by atoms with Gasteiger partial charge in [0, 0.05) is 18.0 Å². The summed E-state index contributed by atoms with van der Waals surface area (Å²) in [7, 11) is 0. The van der Waals surface area contributed by atoms with E-state index in [1.54, 1.807) is 12.1 Å². The molecule has 1 atom stereocenters. The van der Waals surface area contributed by atoms with Crippen molar-refractivity contribution in [2.45, 2.75) is 19.0 Å². The van der Waals surface area contributed by atoms with Crippen LogP contribution >= 0.6 is 11.6 Å². The third kappa shape index (κ3) is 5.37. The van der Waals surface area contributed by atoms with Gasteiger partial charge in [-0.2, -0.15) is 0 Å². The average Bonchev–Trinajstić information content (AvgIpc) is 3.25. The Morgan fingerprint density at radius 3 is 2.57 bits per heavy atom. The van der Waals surface area contributed by atoms with Gasteiger partial charge in [-0.3, -0.25) is 4.79 Å². The zero-order valence-electron chi connectivity index (χ0n) is 14.9. The van der Waals surface area contributed by atoms with E-state index < -0.39 is 24.5 Å². The molecule has 1 N–H and O–H groups in total. The monoisotopic (exact) mass is 399 g/mol. The van der Waals surface area contributed by atoms with Gasteiger partial charge in [0.15, 0.2) is 12.6 Å². The maximum absolute atomic E-state index is 12.5. The van der Waals surface area contributed by atoms with Crippen LogP contribution in [0.4, 0.5) is 0 Å². The molecule has 9 heteroatoms. The molecule has 0 spiro atoms. The number of ether oxygens (including phenoxy) is 1. The predicted molar refractivity (Wildman–Crippen MR) is 101 cm³/mol. The maximum atomic E-state index is 12.5. The van der Waals surface area contributed by atoms with Crippen LogP contribution in [0.15, 0.2) is 60.9 Å². The van der Waals surface area contributed by atoms with Gasteiger partial charge in [0.1, 0.15) is 6.33 Å². The molecule has 0 aliphatic carbocycles. The number of hydrogen-bond acceptors (Lipinski definition) is 6. The molecule has 0 aliphatic rings. The lowest BCUT2D eigenvalue weighted by Crippen LogP contribution is -2.31. The molecule has 1 amide bonds. The number of benzene rings is 2. The normalized spacial score (nSPS) is 11.6. The predicted octanol–water partition coefficient (Wildman–Crippen LogP) is 1.97. The van der Waals surface area contributed by atoms with Crippen LogP contribution in [-0.4, -0.2) is 38.7 Å². The first-order valence-corrected chi connectivity index (χ1v) is 8.94. The molecule has 3 aromatic rings. The van der Waals surface area contributed by atoms with Crippen LogP contribution in [0.25, 0.3) is 0 Å². The molecule has 8 nitrogen and oxygen atoms in total. The number of aromatic nitrogens is 4. The number of nitrogens with one attached hydrogen (secondary N) is 1. The lowest BCUT2D eigenvalue weighted by Gasteiger charge is -2.15. The number of halogens is 1. The molecule has 144 valence electrons. The number of carbonyl (C=O) groups is 2.